The van der Waals surface area contributed by atoms with Gasteiger partial charge in [-0.3, -0.25) is 9.59 Å². The minimum absolute atomic E-state index is 0.212. The van der Waals surface area contributed by atoms with Gasteiger partial charge in [0.2, 0.25) is 0 Å². The first-order valence-corrected chi connectivity index (χ1v) is 9.88. The number of unbranched alkanes of at least 4 members (excludes halogenated alkanes) is 11. The van der Waals surface area contributed by atoms with Crippen LogP contribution in [0.5, 0.6) is 0 Å². The molecular formula is C18H33BrO3. The molecule has 0 aromatic carbocycles. The SMILES string of the molecule is CCCCCCCCCCCCCCC(Br)C(=O)CC(=O)O. The normalized spacial score (nSPS) is 12.3. The van der Waals surface area contributed by atoms with Crippen molar-refractivity contribution >= 4 is 27.7 Å². The summed E-state index contributed by atoms with van der Waals surface area (Å²) in [6.07, 6.45) is 15.9. The number of halogens is 1. The van der Waals surface area contributed by atoms with Gasteiger partial charge in [0.1, 0.15) is 6.42 Å². The Morgan fingerprint density at radius 1 is 0.818 bits per heavy atom. The van der Waals surface area contributed by atoms with Gasteiger partial charge in [-0.2, -0.15) is 0 Å². The van der Waals surface area contributed by atoms with Crippen molar-refractivity contribution in [1.82, 2.24) is 0 Å². The fourth-order valence-corrected chi connectivity index (χ4v) is 3.07. The van der Waals surface area contributed by atoms with Crippen LogP contribution in [0.2, 0.25) is 0 Å². The Hall–Kier alpha value is -0.380. The van der Waals surface area contributed by atoms with Crippen molar-refractivity contribution in [2.24, 2.45) is 0 Å². The number of aliphatic carboxylic acids is 1. The Balaban J connectivity index is 3.26. The van der Waals surface area contributed by atoms with Crippen LogP contribution in [-0.4, -0.2) is 21.7 Å². The summed E-state index contributed by atoms with van der Waals surface area (Å²) < 4.78 is 0. The average molecular weight is 377 g/mol. The van der Waals surface area contributed by atoms with E-state index in [4.69, 9.17) is 5.11 Å². The summed E-state index contributed by atoms with van der Waals surface area (Å²) in [5.74, 6) is -1.25. The molecule has 0 spiro atoms. The highest BCUT2D eigenvalue weighted by Gasteiger charge is 2.17. The molecule has 0 radical (unpaired) electrons. The van der Waals surface area contributed by atoms with Gasteiger partial charge in [-0.05, 0) is 6.42 Å². The van der Waals surface area contributed by atoms with E-state index in [9.17, 15) is 9.59 Å². The Morgan fingerprint density at radius 2 is 1.23 bits per heavy atom. The van der Waals surface area contributed by atoms with E-state index in [1.54, 1.807) is 0 Å². The fraction of sp³-hybridized carbons (Fsp3) is 0.889. The van der Waals surface area contributed by atoms with Gasteiger partial charge in [0, 0.05) is 0 Å². The Labute approximate surface area is 144 Å². The van der Waals surface area contributed by atoms with Crippen LogP contribution >= 0.6 is 15.9 Å². The molecule has 0 bridgehead atoms. The molecule has 130 valence electrons. The third-order valence-electron chi connectivity index (χ3n) is 3.99. The molecule has 0 rings (SSSR count). The molecule has 0 aliphatic rings. The van der Waals surface area contributed by atoms with Crippen molar-refractivity contribution in [2.75, 3.05) is 0 Å². The summed E-state index contributed by atoms with van der Waals surface area (Å²) in [5.41, 5.74) is 0. The highest BCUT2D eigenvalue weighted by atomic mass is 79.9. The number of carboxylic acid groups (broad SMARTS) is 1. The molecule has 1 unspecified atom stereocenters. The highest BCUT2D eigenvalue weighted by Crippen LogP contribution is 2.16. The number of hydrogen-bond donors (Lipinski definition) is 1. The van der Waals surface area contributed by atoms with Crippen LogP contribution in [-0.2, 0) is 9.59 Å². The molecule has 0 amide bonds. The number of hydrogen-bond acceptors (Lipinski definition) is 2. The van der Waals surface area contributed by atoms with Crippen LogP contribution in [0.25, 0.3) is 0 Å². The Kier molecular flexibility index (Phi) is 15.2. The zero-order chi connectivity index (χ0) is 16.6. The summed E-state index contributed by atoms with van der Waals surface area (Å²) in [5, 5.41) is 8.56. The first-order chi connectivity index (χ1) is 10.6. The molecule has 0 aromatic heterocycles. The maximum absolute atomic E-state index is 11.5. The van der Waals surface area contributed by atoms with Gasteiger partial charge in [0.15, 0.2) is 5.78 Å². The number of carboxylic acids is 1. The van der Waals surface area contributed by atoms with E-state index in [-0.39, 0.29) is 17.0 Å². The van der Waals surface area contributed by atoms with Crippen LogP contribution in [0.15, 0.2) is 0 Å². The second-order valence-electron chi connectivity index (χ2n) is 6.18. The van der Waals surface area contributed by atoms with Gasteiger partial charge >= 0.3 is 5.97 Å². The molecule has 3 nitrogen and oxygen atoms in total. The van der Waals surface area contributed by atoms with Crippen LogP contribution < -0.4 is 0 Å². The highest BCUT2D eigenvalue weighted by molar-refractivity contribution is 9.10. The predicted molar refractivity (Wildman–Crippen MR) is 95.7 cm³/mol. The summed E-state index contributed by atoms with van der Waals surface area (Å²) in [6.45, 7) is 2.25. The molecule has 0 aliphatic carbocycles. The van der Waals surface area contributed by atoms with Crippen LogP contribution in [0, 0.1) is 0 Å². The lowest BCUT2D eigenvalue weighted by Gasteiger charge is -2.07. The maximum Gasteiger partial charge on any atom is 0.310 e. The van der Waals surface area contributed by atoms with Gasteiger partial charge in [0.25, 0.3) is 0 Å². The van der Waals surface area contributed by atoms with E-state index in [2.05, 4.69) is 22.9 Å². The summed E-state index contributed by atoms with van der Waals surface area (Å²) in [7, 11) is 0. The van der Waals surface area contributed by atoms with Crippen LogP contribution in [0.3, 0.4) is 0 Å². The van der Waals surface area contributed by atoms with Crippen molar-refractivity contribution in [3.05, 3.63) is 0 Å². The predicted octanol–water partition coefficient (Wildman–Crippen LogP) is 5.88. The number of alkyl halides is 1. The van der Waals surface area contributed by atoms with E-state index in [1.807, 2.05) is 0 Å². The van der Waals surface area contributed by atoms with Gasteiger partial charge in [-0.15, -0.1) is 0 Å². The van der Waals surface area contributed by atoms with Gasteiger partial charge in [-0.1, -0.05) is 99.9 Å². The van der Waals surface area contributed by atoms with Crippen LogP contribution in [0.1, 0.15) is 96.8 Å². The quantitative estimate of drug-likeness (QED) is 0.207. The molecule has 0 fully saturated rings. The zero-order valence-corrected chi connectivity index (χ0v) is 15.7. The Bertz CT molecular complexity index is 292. The lowest BCUT2D eigenvalue weighted by Crippen LogP contribution is -2.17. The van der Waals surface area contributed by atoms with E-state index in [1.165, 1.54) is 64.2 Å². The largest absolute Gasteiger partial charge is 0.481 e. The van der Waals surface area contributed by atoms with E-state index >= 15 is 0 Å². The molecule has 1 atom stereocenters. The molecule has 4 heteroatoms. The van der Waals surface area contributed by atoms with E-state index in [0.717, 1.165) is 19.3 Å². The summed E-state index contributed by atoms with van der Waals surface area (Å²) in [6, 6.07) is 0. The van der Waals surface area contributed by atoms with E-state index in [0.29, 0.717) is 0 Å². The van der Waals surface area contributed by atoms with Crippen molar-refractivity contribution in [2.45, 2.75) is 102 Å². The number of ketones is 1. The molecule has 0 saturated carbocycles. The molecule has 0 saturated heterocycles. The molecular weight excluding hydrogens is 344 g/mol. The van der Waals surface area contributed by atoms with Gasteiger partial charge in [-0.25, -0.2) is 0 Å². The third-order valence-corrected chi connectivity index (χ3v) is 4.95. The molecule has 1 N–H and O–H groups in total. The molecule has 22 heavy (non-hydrogen) atoms. The van der Waals surface area contributed by atoms with Crippen molar-refractivity contribution in [3.8, 4) is 0 Å². The van der Waals surface area contributed by atoms with Gasteiger partial charge < -0.3 is 5.11 Å². The Morgan fingerprint density at radius 3 is 1.64 bits per heavy atom. The number of Topliss-reactive ketones (excluding diaryl/α,β-unsaturated/α-hetero) is 1. The average Bonchev–Trinajstić information content (AvgIpc) is 2.47. The number of carbonyl (C=O) groups excluding carboxylic acids is 1. The summed E-state index contributed by atoms with van der Waals surface area (Å²) >= 11 is 3.29. The topological polar surface area (TPSA) is 54.4 Å². The van der Waals surface area contributed by atoms with E-state index < -0.39 is 5.97 Å². The first-order valence-electron chi connectivity index (χ1n) is 8.96. The minimum atomic E-state index is -1.04. The molecule has 0 heterocycles. The minimum Gasteiger partial charge on any atom is -0.481 e. The second kappa shape index (κ2) is 15.5. The molecule has 0 aromatic rings. The first kappa shape index (κ1) is 21.6. The lowest BCUT2D eigenvalue weighted by molar-refractivity contribution is -0.140. The number of carbonyl (C=O) groups is 2. The smallest absolute Gasteiger partial charge is 0.310 e. The van der Waals surface area contributed by atoms with Crippen molar-refractivity contribution in [1.29, 1.82) is 0 Å². The standard InChI is InChI=1S/C18H33BrO3/c1-2-3-4-5-6-7-8-9-10-11-12-13-14-16(19)17(20)15-18(21)22/h16H,2-15H2,1H3,(H,21,22). The van der Waals surface area contributed by atoms with Crippen LogP contribution in [0.4, 0.5) is 0 Å². The summed E-state index contributed by atoms with van der Waals surface area (Å²) in [4.78, 5) is 21.6. The monoisotopic (exact) mass is 376 g/mol. The lowest BCUT2D eigenvalue weighted by atomic mass is 10.0. The van der Waals surface area contributed by atoms with Crippen molar-refractivity contribution < 1.29 is 14.7 Å². The van der Waals surface area contributed by atoms with Crippen molar-refractivity contribution in [3.63, 3.8) is 0 Å². The molecule has 0 aliphatic heterocycles. The van der Waals surface area contributed by atoms with Gasteiger partial charge in [0.05, 0.1) is 4.83 Å². The third kappa shape index (κ3) is 14.6. The zero-order valence-electron chi connectivity index (χ0n) is 14.1. The number of rotatable bonds is 16. The fourth-order valence-electron chi connectivity index (χ4n) is 2.59. The second-order valence-corrected chi connectivity index (χ2v) is 7.29. The maximum atomic E-state index is 11.5.